The Kier molecular flexibility index (Phi) is 6.41. The van der Waals surface area contributed by atoms with Crippen molar-refractivity contribution in [1.82, 2.24) is 15.6 Å². The number of amides is 2. The third-order valence-electron chi connectivity index (χ3n) is 3.39. The van der Waals surface area contributed by atoms with Gasteiger partial charge in [0.2, 0.25) is 0 Å². The Balaban J connectivity index is 1.68. The summed E-state index contributed by atoms with van der Waals surface area (Å²) < 4.78 is 5.76. The Morgan fingerprint density at radius 2 is 1.87 bits per heavy atom. The first kappa shape index (κ1) is 16.8. The van der Waals surface area contributed by atoms with E-state index in [-0.39, 0.29) is 6.03 Å². The highest BCUT2D eigenvalue weighted by Gasteiger charge is 2.06. The van der Waals surface area contributed by atoms with Gasteiger partial charge >= 0.3 is 6.03 Å². The molecule has 0 fully saturated rings. The lowest BCUT2D eigenvalue weighted by molar-refractivity contribution is 0.236. The number of hydrogen-bond donors (Lipinski definition) is 2. The van der Waals surface area contributed by atoms with Gasteiger partial charge in [-0.1, -0.05) is 32.0 Å². The first-order valence-electron chi connectivity index (χ1n) is 7.79. The number of hydrogen-bond acceptors (Lipinski definition) is 3. The van der Waals surface area contributed by atoms with Crippen molar-refractivity contribution in [1.29, 1.82) is 0 Å². The average molecular weight is 313 g/mol. The van der Waals surface area contributed by atoms with Crippen molar-refractivity contribution >= 4 is 6.03 Å². The SMILES string of the molecule is CC(C)c1ccccc1OCCNC(=O)NCc1ccncc1. The monoisotopic (exact) mass is 313 g/mol. The predicted octanol–water partition coefficient (Wildman–Crippen LogP) is 3.08. The van der Waals surface area contributed by atoms with Crippen molar-refractivity contribution in [3.8, 4) is 5.75 Å². The second-order valence-corrected chi connectivity index (χ2v) is 5.51. The molecule has 0 spiro atoms. The summed E-state index contributed by atoms with van der Waals surface area (Å²) >= 11 is 0. The molecule has 0 radical (unpaired) electrons. The van der Waals surface area contributed by atoms with Crippen LogP contribution in [0.5, 0.6) is 5.75 Å². The fourth-order valence-corrected chi connectivity index (χ4v) is 2.16. The van der Waals surface area contributed by atoms with Crippen molar-refractivity contribution in [2.45, 2.75) is 26.3 Å². The van der Waals surface area contributed by atoms with E-state index < -0.39 is 0 Å². The summed E-state index contributed by atoms with van der Waals surface area (Å²) in [5.41, 5.74) is 2.19. The second-order valence-electron chi connectivity index (χ2n) is 5.51. The van der Waals surface area contributed by atoms with Crippen LogP contribution < -0.4 is 15.4 Å². The molecule has 1 heterocycles. The molecule has 5 heteroatoms. The van der Waals surface area contributed by atoms with E-state index in [0.717, 1.165) is 11.3 Å². The average Bonchev–Trinajstić information content (AvgIpc) is 2.58. The summed E-state index contributed by atoms with van der Waals surface area (Å²) in [5.74, 6) is 1.28. The highest BCUT2D eigenvalue weighted by Crippen LogP contribution is 2.25. The number of rotatable bonds is 7. The standard InChI is InChI=1S/C18H23N3O2/c1-14(2)16-5-3-4-6-17(16)23-12-11-20-18(22)21-13-15-7-9-19-10-8-15/h3-10,14H,11-13H2,1-2H3,(H2,20,21,22). The highest BCUT2D eigenvalue weighted by molar-refractivity contribution is 5.73. The zero-order chi connectivity index (χ0) is 16.5. The van der Waals surface area contributed by atoms with Crippen molar-refractivity contribution in [2.75, 3.05) is 13.2 Å². The molecule has 0 unspecified atom stereocenters. The van der Waals surface area contributed by atoms with E-state index in [9.17, 15) is 4.79 Å². The zero-order valence-electron chi connectivity index (χ0n) is 13.6. The van der Waals surface area contributed by atoms with Crippen molar-refractivity contribution < 1.29 is 9.53 Å². The number of pyridine rings is 1. The summed E-state index contributed by atoms with van der Waals surface area (Å²) in [6.45, 7) is 5.63. The van der Waals surface area contributed by atoms with E-state index in [1.807, 2.05) is 30.3 Å². The smallest absolute Gasteiger partial charge is 0.315 e. The van der Waals surface area contributed by atoms with E-state index in [1.165, 1.54) is 5.56 Å². The Hall–Kier alpha value is -2.56. The first-order valence-corrected chi connectivity index (χ1v) is 7.79. The molecular formula is C18H23N3O2. The van der Waals surface area contributed by atoms with Gasteiger partial charge in [0.15, 0.2) is 0 Å². The van der Waals surface area contributed by atoms with E-state index in [2.05, 4.69) is 35.5 Å². The molecule has 0 aliphatic carbocycles. The Bertz CT molecular complexity index is 615. The molecule has 0 aliphatic rings. The Morgan fingerprint density at radius 1 is 1.13 bits per heavy atom. The number of urea groups is 1. The van der Waals surface area contributed by atoms with Crippen LogP contribution in [0, 0.1) is 0 Å². The fraction of sp³-hybridized carbons (Fsp3) is 0.333. The molecule has 23 heavy (non-hydrogen) atoms. The number of ether oxygens (including phenoxy) is 1. The van der Waals surface area contributed by atoms with Crippen LogP contribution in [0.4, 0.5) is 4.79 Å². The lowest BCUT2D eigenvalue weighted by Gasteiger charge is -2.14. The van der Waals surface area contributed by atoms with Gasteiger partial charge in [-0.05, 0) is 35.2 Å². The van der Waals surface area contributed by atoms with Gasteiger partial charge in [-0.3, -0.25) is 4.98 Å². The van der Waals surface area contributed by atoms with Crippen LogP contribution in [0.2, 0.25) is 0 Å². The molecule has 5 nitrogen and oxygen atoms in total. The Morgan fingerprint density at radius 3 is 2.61 bits per heavy atom. The van der Waals surface area contributed by atoms with E-state index in [0.29, 0.717) is 25.6 Å². The highest BCUT2D eigenvalue weighted by atomic mass is 16.5. The van der Waals surface area contributed by atoms with E-state index in [4.69, 9.17) is 4.74 Å². The van der Waals surface area contributed by atoms with Gasteiger partial charge in [0, 0.05) is 18.9 Å². The minimum atomic E-state index is -0.206. The van der Waals surface area contributed by atoms with Crippen molar-refractivity contribution in [3.63, 3.8) is 0 Å². The second kappa shape index (κ2) is 8.78. The molecule has 0 saturated heterocycles. The molecule has 2 amide bonds. The molecule has 1 aromatic heterocycles. The van der Waals surface area contributed by atoms with Crippen molar-refractivity contribution in [2.24, 2.45) is 0 Å². The number of nitrogens with one attached hydrogen (secondary N) is 2. The van der Waals surface area contributed by atoms with Crippen LogP contribution >= 0.6 is 0 Å². The fourth-order valence-electron chi connectivity index (χ4n) is 2.16. The molecule has 2 N–H and O–H groups in total. The van der Waals surface area contributed by atoms with E-state index in [1.54, 1.807) is 12.4 Å². The van der Waals surface area contributed by atoms with Gasteiger partial charge in [0.1, 0.15) is 12.4 Å². The molecule has 0 saturated carbocycles. The lowest BCUT2D eigenvalue weighted by Crippen LogP contribution is -2.37. The largest absolute Gasteiger partial charge is 0.491 e. The van der Waals surface area contributed by atoms with Crippen LogP contribution in [0.3, 0.4) is 0 Å². The normalized spacial score (nSPS) is 10.4. The van der Waals surface area contributed by atoms with Gasteiger partial charge in [-0.25, -0.2) is 4.79 Å². The third-order valence-corrected chi connectivity index (χ3v) is 3.39. The Labute approximate surface area is 137 Å². The predicted molar refractivity (Wildman–Crippen MR) is 90.5 cm³/mol. The molecule has 0 aliphatic heterocycles. The number of carbonyl (C=O) groups excluding carboxylic acids is 1. The van der Waals surface area contributed by atoms with E-state index >= 15 is 0 Å². The minimum absolute atomic E-state index is 0.206. The van der Waals surface area contributed by atoms with Gasteiger partial charge in [0.25, 0.3) is 0 Å². The third kappa shape index (κ3) is 5.62. The molecule has 1 aromatic carbocycles. The summed E-state index contributed by atoms with van der Waals surface area (Å²) in [4.78, 5) is 15.6. The van der Waals surface area contributed by atoms with Gasteiger partial charge < -0.3 is 15.4 Å². The summed E-state index contributed by atoms with van der Waals surface area (Å²) in [6, 6.07) is 11.5. The van der Waals surface area contributed by atoms with Gasteiger partial charge in [0.05, 0.1) is 6.54 Å². The minimum Gasteiger partial charge on any atom is -0.491 e. The van der Waals surface area contributed by atoms with Crippen LogP contribution in [-0.4, -0.2) is 24.2 Å². The number of aromatic nitrogens is 1. The number of carbonyl (C=O) groups is 1. The van der Waals surface area contributed by atoms with Gasteiger partial charge in [-0.2, -0.15) is 0 Å². The quantitative estimate of drug-likeness (QED) is 0.772. The maximum Gasteiger partial charge on any atom is 0.315 e. The number of benzene rings is 1. The van der Waals surface area contributed by atoms with Crippen LogP contribution in [0.25, 0.3) is 0 Å². The molecule has 122 valence electrons. The maximum atomic E-state index is 11.7. The molecule has 2 aromatic rings. The summed E-state index contributed by atoms with van der Waals surface area (Å²) in [7, 11) is 0. The number of nitrogens with zero attached hydrogens (tertiary/aromatic N) is 1. The molecular weight excluding hydrogens is 290 g/mol. The van der Waals surface area contributed by atoms with Crippen LogP contribution in [0.15, 0.2) is 48.8 Å². The maximum absolute atomic E-state index is 11.7. The summed E-state index contributed by atoms with van der Waals surface area (Å²) in [5, 5.41) is 5.58. The zero-order valence-corrected chi connectivity index (χ0v) is 13.6. The molecule has 2 rings (SSSR count). The van der Waals surface area contributed by atoms with Crippen molar-refractivity contribution in [3.05, 3.63) is 59.9 Å². The topological polar surface area (TPSA) is 63.2 Å². The van der Waals surface area contributed by atoms with Crippen LogP contribution in [-0.2, 0) is 6.54 Å². The summed E-state index contributed by atoms with van der Waals surface area (Å²) in [6.07, 6.45) is 3.41. The van der Waals surface area contributed by atoms with Gasteiger partial charge in [-0.15, -0.1) is 0 Å². The molecule has 0 atom stereocenters. The first-order chi connectivity index (χ1) is 11.2. The molecule has 0 bridgehead atoms. The lowest BCUT2D eigenvalue weighted by atomic mass is 10.0. The number of para-hydroxylation sites is 1. The van der Waals surface area contributed by atoms with Crippen LogP contribution in [0.1, 0.15) is 30.9 Å².